The van der Waals surface area contributed by atoms with E-state index >= 15 is 0 Å². The molecule has 0 aromatic rings. The second-order valence-corrected chi connectivity index (χ2v) is 4.68. The molecular weight excluding hydrogens is 218 g/mol. The van der Waals surface area contributed by atoms with E-state index in [1.165, 1.54) is 38.5 Å². The molecule has 0 saturated carbocycles. The summed E-state index contributed by atoms with van der Waals surface area (Å²) in [6.45, 7) is 4.47. The Bertz CT molecular complexity index is 175. The lowest BCUT2D eigenvalue weighted by Gasteiger charge is -2.19. The van der Waals surface area contributed by atoms with Gasteiger partial charge in [-0.05, 0) is 37.8 Å². The molecule has 0 aliphatic rings. The highest BCUT2D eigenvalue weighted by Crippen LogP contribution is 2.05. The third kappa shape index (κ3) is 11.8. The van der Waals surface area contributed by atoms with Crippen LogP contribution >= 0.6 is 0 Å². The van der Waals surface area contributed by atoms with E-state index in [9.17, 15) is 0 Å². The average molecular weight is 246 g/mol. The van der Waals surface area contributed by atoms with Crippen LogP contribution in [0.25, 0.3) is 0 Å². The first-order valence-corrected chi connectivity index (χ1v) is 6.31. The number of hydrogen-bond donors (Lipinski definition) is 0. The minimum absolute atomic E-state index is 0. The first kappa shape index (κ1) is 18.1. The maximum absolute atomic E-state index is 2.30. The van der Waals surface area contributed by atoms with Crippen molar-refractivity contribution in [1.82, 2.24) is 0 Å². The molecule has 0 amide bonds. The zero-order valence-corrected chi connectivity index (χ0v) is 12.1. The molecule has 0 aliphatic carbocycles. The van der Waals surface area contributed by atoms with Gasteiger partial charge in [-0.25, -0.2) is 0 Å². The van der Waals surface area contributed by atoms with Crippen LogP contribution in [0.2, 0.25) is 0 Å². The fraction of sp³-hybridized carbons (Fsp3) is 0.714. The Morgan fingerprint density at radius 1 is 0.812 bits per heavy atom. The van der Waals surface area contributed by atoms with E-state index < -0.39 is 0 Å². The van der Waals surface area contributed by atoms with Crippen LogP contribution in [0.4, 0.5) is 0 Å². The van der Waals surface area contributed by atoms with E-state index in [-0.39, 0.29) is 12.4 Å². The predicted octanol–water partition coefficient (Wildman–Crippen LogP) is 1.47. The van der Waals surface area contributed by atoms with E-state index in [0.29, 0.717) is 0 Å². The van der Waals surface area contributed by atoms with Crippen molar-refractivity contribution in [1.29, 1.82) is 0 Å². The second kappa shape index (κ2) is 11.2. The molecule has 2 heteroatoms. The zero-order valence-electron chi connectivity index (χ0n) is 11.4. The lowest BCUT2D eigenvalue weighted by Crippen LogP contribution is -3.00. The number of unbranched alkanes of at least 4 members (excludes halogenated alkanes) is 4. The van der Waals surface area contributed by atoms with Gasteiger partial charge in [-0.15, -0.1) is 0 Å². The van der Waals surface area contributed by atoms with Crippen LogP contribution in [0, 0.1) is 0 Å². The summed E-state index contributed by atoms with van der Waals surface area (Å²) in [5.41, 5.74) is 0. The first-order chi connectivity index (χ1) is 7.12. The maximum atomic E-state index is 2.30. The van der Waals surface area contributed by atoms with Gasteiger partial charge < -0.3 is 12.4 Å². The Labute approximate surface area is 108 Å². The van der Waals surface area contributed by atoms with Crippen LogP contribution in [0.3, 0.4) is 0 Å². The summed E-state index contributed by atoms with van der Waals surface area (Å²) in [4.78, 5) is 0. The largest absolute Gasteiger partial charge is 1.00 e. The van der Waals surface area contributed by atoms with Crippen molar-refractivity contribution in [3.63, 3.8) is 0 Å². The third-order valence-corrected chi connectivity index (χ3v) is 2.43. The third-order valence-electron chi connectivity index (χ3n) is 2.43. The highest BCUT2D eigenvalue weighted by atomic mass is 35.5. The molecule has 0 heterocycles. The number of nitrogens with zero attached hydrogens (tertiary/aromatic N) is 1. The molecule has 0 aromatic carbocycles. The molecule has 0 bridgehead atoms. The average Bonchev–Trinajstić information content (AvgIpc) is 2.20. The van der Waals surface area contributed by atoms with Gasteiger partial charge in [0.15, 0.2) is 0 Å². The van der Waals surface area contributed by atoms with E-state index in [1.807, 2.05) is 0 Å². The Balaban J connectivity index is 0. The lowest BCUT2D eigenvalue weighted by atomic mass is 10.2. The van der Waals surface area contributed by atoms with Crippen molar-refractivity contribution >= 4 is 0 Å². The monoisotopic (exact) mass is 245 g/mol. The summed E-state index contributed by atoms with van der Waals surface area (Å²) >= 11 is 0. The van der Waals surface area contributed by atoms with Crippen LogP contribution in [-0.2, 0) is 0 Å². The van der Waals surface area contributed by atoms with Gasteiger partial charge in [0.05, 0.1) is 26.5 Å². The number of halogens is 1. The SMILES string of the molecule is CCCCC=C[N+](C)(C)C=CCCCC.[Cl-]. The molecule has 0 unspecified atom stereocenters. The predicted molar refractivity (Wildman–Crippen MR) is 69.4 cm³/mol. The fourth-order valence-corrected chi connectivity index (χ4v) is 1.39. The maximum Gasteiger partial charge on any atom is 0.0959 e. The van der Waals surface area contributed by atoms with E-state index in [1.54, 1.807) is 0 Å². The highest BCUT2D eigenvalue weighted by molar-refractivity contribution is 4.80. The van der Waals surface area contributed by atoms with Gasteiger partial charge >= 0.3 is 0 Å². The van der Waals surface area contributed by atoms with Gasteiger partial charge in [-0.2, -0.15) is 0 Å². The summed E-state index contributed by atoms with van der Waals surface area (Å²) in [5, 5.41) is 0. The molecule has 16 heavy (non-hydrogen) atoms. The quantitative estimate of drug-likeness (QED) is 0.449. The van der Waals surface area contributed by atoms with Crippen LogP contribution < -0.4 is 12.4 Å². The normalized spacial score (nSPS) is 12.2. The van der Waals surface area contributed by atoms with Crippen molar-refractivity contribution in [3.8, 4) is 0 Å². The smallest absolute Gasteiger partial charge is 0.0959 e. The highest BCUT2D eigenvalue weighted by Gasteiger charge is 2.04. The Morgan fingerprint density at radius 2 is 1.19 bits per heavy atom. The molecule has 0 rings (SSSR count). The number of rotatable bonds is 8. The van der Waals surface area contributed by atoms with Crippen LogP contribution in [0.15, 0.2) is 24.6 Å². The number of hydrogen-bond acceptors (Lipinski definition) is 0. The minimum Gasteiger partial charge on any atom is -1.00 e. The van der Waals surface area contributed by atoms with Crippen molar-refractivity contribution in [3.05, 3.63) is 24.6 Å². The summed E-state index contributed by atoms with van der Waals surface area (Å²) in [7, 11) is 4.43. The number of allylic oxidation sites excluding steroid dienone is 2. The van der Waals surface area contributed by atoms with Crippen molar-refractivity contribution in [2.45, 2.75) is 52.4 Å². The van der Waals surface area contributed by atoms with Gasteiger partial charge in [0.25, 0.3) is 0 Å². The summed E-state index contributed by atoms with van der Waals surface area (Å²) in [6.07, 6.45) is 16.7. The lowest BCUT2D eigenvalue weighted by molar-refractivity contribution is -0.784. The molecule has 0 aliphatic heterocycles. The van der Waals surface area contributed by atoms with Gasteiger partial charge in [0, 0.05) is 0 Å². The minimum atomic E-state index is 0. The first-order valence-electron chi connectivity index (χ1n) is 6.31. The van der Waals surface area contributed by atoms with Crippen LogP contribution in [0.5, 0.6) is 0 Å². The molecule has 0 radical (unpaired) electrons. The van der Waals surface area contributed by atoms with Gasteiger partial charge in [0.1, 0.15) is 0 Å². The van der Waals surface area contributed by atoms with Crippen molar-refractivity contribution < 1.29 is 16.9 Å². The Hall–Kier alpha value is -0.270. The Morgan fingerprint density at radius 3 is 1.50 bits per heavy atom. The van der Waals surface area contributed by atoms with Crippen molar-refractivity contribution in [2.75, 3.05) is 14.1 Å². The van der Waals surface area contributed by atoms with Gasteiger partial charge in [-0.1, -0.05) is 26.7 Å². The zero-order chi connectivity index (χ0) is 11.6. The standard InChI is InChI=1S/C14H28N.ClH/c1-5-7-9-11-13-15(3,4)14-12-10-8-6-2;/h11-14H,5-10H2,1-4H3;1H/q+1;/p-1. The molecule has 0 N–H and O–H groups in total. The Kier molecular flexibility index (Phi) is 12.7. The van der Waals surface area contributed by atoms with Crippen LogP contribution in [-0.4, -0.2) is 18.6 Å². The summed E-state index contributed by atoms with van der Waals surface area (Å²) in [5.74, 6) is 0. The summed E-state index contributed by atoms with van der Waals surface area (Å²) in [6, 6.07) is 0. The van der Waals surface area contributed by atoms with Crippen LogP contribution in [0.1, 0.15) is 52.4 Å². The molecule has 96 valence electrons. The molecule has 0 spiro atoms. The van der Waals surface area contributed by atoms with E-state index in [0.717, 1.165) is 4.48 Å². The molecule has 0 aromatic heterocycles. The number of quaternary nitrogens is 1. The van der Waals surface area contributed by atoms with Gasteiger partial charge in [0.2, 0.25) is 0 Å². The van der Waals surface area contributed by atoms with Crippen molar-refractivity contribution in [2.24, 2.45) is 0 Å². The molecule has 0 saturated heterocycles. The topological polar surface area (TPSA) is 0 Å². The van der Waals surface area contributed by atoms with Gasteiger partial charge in [-0.3, -0.25) is 4.48 Å². The molecule has 1 nitrogen and oxygen atoms in total. The second-order valence-electron chi connectivity index (χ2n) is 4.68. The van der Waals surface area contributed by atoms with E-state index in [4.69, 9.17) is 0 Å². The molecular formula is C14H28ClN. The fourth-order valence-electron chi connectivity index (χ4n) is 1.39. The molecule has 0 atom stereocenters. The summed E-state index contributed by atoms with van der Waals surface area (Å²) < 4.78 is 0.868. The van der Waals surface area contributed by atoms with E-state index in [2.05, 4.69) is 52.5 Å². The molecule has 0 fully saturated rings.